The molecule has 0 saturated carbocycles. The summed E-state index contributed by atoms with van der Waals surface area (Å²) in [5.74, 6) is 1.22. The second-order valence-corrected chi connectivity index (χ2v) is 5.58. The van der Waals surface area contributed by atoms with E-state index in [0.29, 0.717) is 12.6 Å². The number of aromatic amines is 1. The number of nitrogens with zero attached hydrogens (tertiary/aromatic N) is 3. The summed E-state index contributed by atoms with van der Waals surface area (Å²) in [5.41, 5.74) is 0. The number of piperidine rings is 1. The lowest BCUT2D eigenvalue weighted by Crippen LogP contribution is -2.46. The number of aromatic nitrogens is 2. The van der Waals surface area contributed by atoms with E-state index in [1.807, 2.05) is 20.3 Å². The van der Waals surface area contributed by atoms with Crippen molar-refractivity contribution in [2.45, 2.75) is 25.3 Å². The van der Waals surface area contributed by atoms with E-state index in [4.69, 9.17) is 0 Å². The molecule has 2 rings (SSSR count). The van der Waals surface area contributed by atoms with E-state index in [0.717, 1.165) is 44.7 Å². The van der Waals surface area contributed by atoms with Gasteiger partial charge >= 0.3 is 0 Å². The van der Waals surface area contributed by atoms with Gasteiger partial charge in [0.2, 0.25) is 5.91 Å². The Kier molecular flexibility index (Phi) is 5.55. The van der Waals surface area contributed by atoms with Gasteiger partial charge in [-0.2, -0.15) is 0 Å². The van der Waals surface area contributed by atoms with Gasteiger partial charge in [0.05, 0.1) is 6.54 Å². The second kappa shape index (κ2) is 7.40. The molecule has 0 aliphatic carbocycles. The molecule has 1 fully saturated rings. The molecule has 1 aromatic rings. The molecule has 0 spiro atoms. The molecule has 2 N–H and O–H groups in total. The van der Waals surface area contributed by atoms with Crippen molar-refractivity contribution >= 4 is 5.91 Å². The summed E-state index contributed by atoms with van der Waals surface area (Å²) in [6.07, 6.45) is 6.80. The van der Waals surface area contributed by atoms with Crippen LogP contribution in [0.3, 0.4) is 0 Å². The minimum absolute atomic E-state index is 0.189. The van der Waals surface area contributed by atoms with E-state index in [-0.39, 0.29) is 5.91 Å². The van der Waals surface area contributed by atoms with Crippen molar-refractivity contribution in [1.82, 2.24) is 25.1 Å². The van der Waals surface area contributed by atoms with E-state index >= 15 is 0 Å². The van der Waals surface area contributed by atoms with Gasteiger partial charge in [0.25, 0.3) is 0 Å². The van der Waals surface area contributed by atoms with Gasteiger partial charge in [0.1, 0.15) is 5.82 Å². The van der Waals surface area contributed by atoms with Crippen molar-refractivity contribution in [2.24, 2.45) is 0 Å². The van der Waals surface area contributed by atoms with Crippen LogP contribution in [-0.2, 0) is 11.2 Å². The van der Waals surface area contributed by atoms with E-state index in [1.165, 1.54) is 0 Å². The zero-order chi connectivity index (χ0) is 14.4. The average Bonchev–Trinajstić information content (AvgIpc) is 2.94. The zero-order valence-corrected chi connectivity index (χ0v) is 12.4. The number of carbonyl (C=O) groups excluding carboxylic acids is 1. The van der Waals surface area contributed by atoms with Crippen molar-refractivity contribution in [1.29, 1.82) is 0 Å². The molecule has 1 aliphatic rings. The molecule has 1 aliphatic heterocycles. The SMILES string of the molecule is CN(C)C(=O)CN1CCC(NCCc2ncc[nH]2)CC1. The van der Waals surface area contributed by atoms with Crippen LogP contribution < -0.4 is 5.32 Å². The zero-order valence-electron chi connectivity index (χ0n) is 12.4. The van der Waals surface area contributed by atoms with Crippen molar-refractivity contribution in [2.75, 3.05) is 40.3 Å². The largest absolute Gasteiger partial charge is 0.349 e. The number of nitrogens with one attached hydrogen (secondary N) is 2. The van der Waals surface area contributed by atoms with Gasteiger partial charge in [-0.05, 0) is 12.8 Å². The van der Waals surface area contributed by atoms with Gasteiger partial charge in [-0.1, -0.05) is 0 Å². The Morgan fingerprint density at radius 2 is 2.25 bits per heavy atom. The summed E-state index contributed by atoms with van der Waals surface area (Å²) in [7, 11) is 3.62. The maximum atomic E-state index is 11.7. The highest BCUT2D eigenvalue weighted by Crippen LogP contribution is 2.10. The van der Waals surface area contributed by atoms with Gasteiger partial charge in [-0.3, -0.25) is 9.69 Å². The Balaban J connectivity index is 1.60. The number of hydrogen-bond acceptors (Lipinski definition) is 4. The Morgan fingerprint density at radius 3 is 2.85 bits per heavy atom. The van der Waals surface area contributed by atoms with Gasteiger partial charge in [0, 0.05) is 58.6 Å². The molecule has 1 saturated heterocycles. The lowest BCUT2D eigenvalue weighted by Gasteiger charge is -2.32. The molecule has 1 amide bonds. The molecule has 6 heteroatoms. The standard InChI is InChI=1S/C14H25N5O/c1-18(2)14(20)11-19-9-4-12(5-10-19)15-6-3-13-16-7-8-17-13/h7-8,12,15H,3-6,9-11H2,1-2H3,(H,16,17). The molecule has 2 heterocycles. The molecule has 112 valence electrons. The number of imidazole rings is 1. The predicted octanol–water partition coefficient (Wildman–Crippen LogP) is 0.0944. The van der Waals surface area contributed by atoms with Gasteiger partial charge in [-0.25, -0.2) is 4.98 Å². The van der Waals surface area contributed by atoms with Crippen LogP contribution in [0.15, 0.2) is 12.4 Å². The quantitative estimate of drug-likeness (QED) is 0.775. The number of likely N-dealkylation sites (tertiary alicyclic amines) is 1. The summed E-state index contributed by atoms with van der Waals surface area (Å²) >= 11 is 0. The highest BCUT2D eigenvalue weighted by molar-refractivity contribution is 5.77. The van der Waals surface area contributed by atoms with Crippen LogP contribution in [0.2, 0.25) is 0 Å². The van der Waals surface area contributed by atoms with Crippen LogP contribution >= 0.6 is 0 Å². The molecular formula is C14H25N5O. The van der Waals surface area contributed by atoms with Gasteiger partial charge < -0.3 is 15.2 Å². The first-order chi connectivity index (χ1) is 9.65. The van der Waals surface area contributed by atoms with E-state index < -0.39 is 0 Å². The summed E-state index contributed by atoms with van der Waals surface area (Å²) in [4.78, 5) is 22.9. The number of amides is 1. The van der Waals surface area contributed by atoms with Gasteiger partial charge in [-0.15, -0.1) is 0 Å². The second-order valence-electron chi connectivity index (χ2n) is 5.58. The summed E-state index contributed by atoms with van der Waals surface area (Å²) in [5, 5.41) is 3.57. The topological polar surface area (TPSA) is 64.3 Å². The van der Waals surface area contributed by atoms with E-state index in [2.05, 4.69) is 20.2 Å². The molecule has 20 heavy (non-hydrogen) atoms. The molecule has 6 nitrogen and oxygen atoms in total. The van der Waals surface area contributed by atoms with Crippen LogP contribution in [0.5, 0.6) is 0 Å². The van der Waals surface area contributed by atoms with Crippen LogP contribution in [0.25, 0.3) is 0 Å². The fourth-order valence-electron chi connectivity index (χ4n) is 2.46. The summed E-state index contributed by atoms with van der Waals surface area (Å²) in [6.45, 7) is 3.50. The predicted molar refractivity (Wildman–Crippen MR) is 78.5 cm³/mol. The Bertz CT molecular complexity index is 396. The number of hydrogen-bond donors (Lipinski definition) is 2. The highest BCUT2D eigenvalue weighted by Gasteiger charge is 2.20. The number of H-pyrrole nitrogens is 1. The maximum Gasteiger partial charge on any atom is 0.236 e. The lowest BCUT2D eigenvalue weighted by molar-refractivity contribution is -0.130. The molecule has 0 radical (unpaired) electrons. The molecule has 0 unspecified atom stereocenters. The van der Waals surface area contributed by atoms with Crippen molar-refractivity contribution in [3.8, 4) is 0 Å². The maximum absolute atomic E-state index is 11.7. The highest BCUT2D eigenvalue weighted by atomic mass is 16.2. The summed E-state index contributed by atoms with van der Waals surface area (Å²) < 4.78 is 0. The fraction of sp³-hybridized carbons (Fsp3) is 0.714. The lowest BCUT2D eigenvalue weighted by atomic mass is 10.0. The molecule has 0 atom stereocenters. The third-order valence-electron chi connectivity index (χ3n) is 3.79. The number of likely N-dealkylation sites (N-methyl/N-ethyl adjacent to an activating group) is 1. The first-order valence-corrected chi connectivity index (χ1v) is 7.29. The molecule has 0 bridgehead atoms. The van der Waals surface area contributed by atoms with Crippen molar-refractivity contribution < 1.29 is 4.79 Å². The molecule has 0 aromatic carbocycles. The Hall–Kier alpha value is -1.40. The van der Waals surface area contributed by atoms with Crippen LogP contribution in [0.1, 0.15) is 18.7 Å². The minimum Gasteiger partial charge on any atom is -0.349 e. The Labute approximate surface area is 120 Å². The van der Waals surface area contributed by atoms with Crippen LogP contribution in [-0.4, -0.2) is 72.0 Å². The number of rotatable bonds is 6. The van der Waals surface area contributed by atoms with Crippen molar-refractivity contribution in [3.05, 3.63) is 18.2 Å². The molecular weight excluding hydrogens is 254 g/mol. The third kappa shape index (κ3) is 4.61. The summed E-state index contributed by atoms with van der Waals surface area (Å²) in [6, 6.07) is 0.565. The van der Waals surface area contributed by atoms with Gasteiger partial charge in [0.15, 0.2) is 0 Å². The first-order valence-electron chi connectivity index (χ1n) is 7.29. The minimum atomic E-state index is 0.189. The Morgan fingerprint density at radius 1 is 1.50 bits per heavy atom. The first kappa shape index (κ1) is 15.0. The molecule has 1 aromatic heterocycles. The van der Waals surface area contributed by atoms with Crippen LogP contribution in [0, 0.1) is 0 Å². The third-order valence-corrected chi connectivity index (χ3v) is 3.79. The van der Waals surface area contributed by atoms with E-state index in [1.54, 1.807) is 11.1 Å². The van der Waals surface area contributed by atoms with E-state index in [9.17, 15) is 4.79 Å². The monoisotopic (exact) mass is 279 g/mol. The van der Waals surface area contributed by atoms with Crippen LogP contribution in [0.4, 0.5) is 0 Å². The normalized spacial score (nSPS) is 17.3. The fourth-order valence-corrected chi connectivity index (χ4v) is 2.46. The number of carbonyl (C=O) groups is 1. The van der Waals surface area contributed by atoms with Crippen molar-refractivity contribution in [3.63, 3.8) is 0 Å². The average molecular weight is 279 g/mol. The smallest absolute Gasteiger partial charge is 0.236 e.